The Morgan fingerprint density at radius 3 is 2.56 bits per heavy atom. The van der Waals surface area contributed by atoms with Crippen LogP contribution in [0.25, 0.3) is 0 Å². The highest BCUT2D eigenvalue weighted by molar-refractivity contribution is 7.11. The van der Waals surface area contributed by atoms with Crippen LogP contribution in [-0.4, -0.2) is 104 Å². The van der Waals surface area contributed by atoms with Crippen LogP contribution >= 0.6 is 11.3 Å². The van der Waals surface area contributed by atoms with Crippen LogP contribution in [0.5, 0.6) is 10.8 Å². The molecule has 8 atom stereocenters. The second-order valence-corrected chi connectivity index (χ2v) is 16.5. The summed E-state index contributed by atoms with van der Waals surface area (Å²) in [4.78, 5) is 84.4. The molecular formula is C44H57N5O11S. The lowest BCUT2D eigenvalue weighted by Crippen LogP contribution is -2.62. The van der Waals surface area contributed by atoms with Crippen LogP contribution in [0.2, 0.25) is 0 Å². The summed E-state index contributed by atoms with van der Waals surface area (Å²) in [7, 11) is 0. The zero-order valence-electron chi connectivity index (χ0n) is 35.1. The number of thiazole rings is 1. The summed E-state index contributed by atoms with van der Waals surface area (Å²) in [6.45, 7) is 8.24. The van der Waals surface area contributed by atoms with Gasteiger partial charge in [-0.1, -0.05) is 80.7 Å². The third-order valence-electron chi connectivity index (χ3n) is 10.5. The molecule has 3 heterocycles. The van der Waals surface area contributed by atoms with Crippen molar-refractivity contribution in [2.75, 3.05) is 6.54 Å². The molecular weight excluding hydrogens is 807 g/mol. The van der Waals surface area contributed by atoms with Crippen molar-refractivity contribution in [2.45, 2.75) is 110 Å². The minimum absolute atomic E-state index is 0.0360. The number of aromatic hydroxyl groups is 1. The number of carbonyl (C=O) groups excluding carboxylic acids is 6. The zero-order valence-corrected chi connectivity index (χ0v) is 35.9. The first kappa shape index (κ1) is 48.2. The van der Waals surface area contributed by atoms with Crippen LogP contribution in [0.4, 0.5) is 0 Å². The summed E-state index contributed by atoms with van der Waals surface area (Å²) in [6, 6.07) is 2.84. The number of amides is 3. The fourth-order valence-corrected chi connectivity index (χ4v) is 7.30. The SMILES string of the molecule is CC(=O)CC[C@H]1C(=O)N[C@@H](C(C)C)C(=O)N[C@@H](Cc2cccc(O)c2)C(=O)N2CCCC(N2)C(=O)O[C@H](/C(C)=C/C=C/C(=O)Oc2cncs2)C/C=C/C=C/[C@H](O)[C@H](C)[C@H]1O. The summed E-state index contributed by atoms with van der Waals surface area (Å²) >= 11 is 1.16. The van der Waals surface area contributed by atoms with E-state index in [9.17, 15) is 44.1 Å². The molecule has 17 heteroatoms. The first-order chi connectivity index (χ1) is 29.0. The summed E-state index contributed by atoms with van der Waals surface area (Å²) in [5.41, 5.74) is 5.61. The molecule has 2 aliphatic rings. The molecule has 3 amide bonds. The van der Waals surface area contributed by atoms with Crippen molar-refractivity contribution >= 4 is 46.8 Å². The van der Waals surface area contributed by atoms with E-state index in [4.69, 9.17) is 9.47 Å². The normalized spacial score (nSPS) is 27.6. The molecule has 2 bridgehead atoms. The van der Waals surface area contributed by atoms with E-state index in [2.05, 4.69) is 21.0 Å². The summed E-state index contributed by atoms with van der Waals surface area (Å²) < 4.78 is 11.2. The molecule has 6 N–H and O–H groups in total. The minimum atomic E-state index is -1.43. The van der Waals surface area contributed by atoms with Crippen molar-refractivity contribution in [1.29, 1.82) is 0 Å². The van der Waals surface area contributed by atoms with Crippen LogP contribution < -0.4 is 20.8 Å². The number of hydrazine groups is 1. The Morgan fingerprint density at radius 2 is 1.87 bits per heavy atom. The maximum absolute atomic E-state index is 14.3. The Balaban J connectivity index is 1.70. The number of allylic oxidation sites excluding steroid dienone is 4. The molecule has 330 valence electrons. The number of hydrogen-bond donors (Lipinski definition) is 6. The summed E-state index contributed by atoms with van der Waals surface area (Å²) in [6.07, 6.45) is 9.30. The minimum Gasteiger partial charge on any atom is -0.508 e. The first-order valence-corrected chi connectivity index (χ1v) is 21.2. The molecule has 2 aliphatic heterocycles. The van der Waals surface area contributed by atoms with Crippen LogP contribution in [0, 0.1) is 17.8 Å². The van der Waals surface area contributed by atoms with Crippen LogP contribution in [0.1, 0.15) is 72.3 Å². The number of hydrogen-bond acceptors (Lipinski definition) is 14. The molecule has 0 radical (unpaired) electrons. The molecule has 0 spiro atoms. The largest absolute Gasteiger partial charge is 0.508 e. The Bertz CT molecular complexity index is 1960. The number of fused-ring (bicyclic) bond motifs is 2. The second kappa shape index (κ2) is 23.5. The van der Waals surface area contributed by atoms with Crippen LogP contribution in [-0.2, 0) is 39.9 Å². The molecule has 4 rings (SSSR count). The lowest BCUT2D eigenvalue weighted by Gasteiger charge is -2.36. The molecule has 1 saturated heterocycles. The molecule has 2 aromatic rings. The molecule has 1 unspecified atom stereocenters. The van der Waals surface area contributed by atoms with Gasteiger partial charge in [-0.2, -0.15) is 0 Å². The number of cyclic esters (lactones) is 1. The Morgan fingerprint density at radius 1 is 1.10 bits per heavy atom. The number of aliphatic hydroxyl groups is 2. The van der Waals surface area contributed by atoms with Crippen LogP contribution in [0.3, 0.4) is 0 Å². The monoisotopic (exact) mass is 863 g/mol. The van der Waals surface area contributed by atoms with Gasteiger partial charge in [0.2, 0.25) is 16.9 Å². The first-order valence-electron chi connectivity index (χ1n) is 20.3. The highest BCUT2D eigenvalue weighted by Gasteiger charge is 2.38. The zero-order chi connectivity index (χ0) is 44.6. The molecule has 1 aromatic heterocycles. The van der Waals surface area contributed by atoms with Crippen LogP contribution in [0.15, 0.2) is 84.1 Å². The number of ether oxygens (including phenoxy) is 2. The molecule has 61 heavy (non-hydrogen) atoms. The number of Topliss-reactive ketones (excluding diaryl/α,β-unsaturated/α-hetero) is 1. The fraction of sp³-hybridized carbons (Fsp3) is 0.477. The van der Waals surface area contributed by atoms with Crippen molar-refractivity contribution < 1.29 is 53.6 Å². The van der Waals surface area contributed by atoms with Gasteiger partial charge in [-0.15, -0.1) is 0 Å². The van der Waals surface area contributed by atoms with Crippen molar-refractivity contribution in [3.05, 3.63) is 89.6 Å². The highest BCUT2D eigenvalue weighted by atomic mass is 32.1. The Kier molecular flexibility index (Phi) is 18.6. The molecule has 0 saturated carbocycles. The van der Waals surface area contributed by atoms with E-state index in [1.165, 1.54) is 54.0 Å². The number of ketones is 1. The van der Waals surface area contributed by atoms with Gasteiger partial charge in [0.15, 0.2) is 0 Å². The number of rotatable bonds is 10. The van der Waals surface area contributed by atoms with E-state index in [1.807, 2.05) is 0 Å². The standard InChI is InChI=1S/C44H57N5O11S/c1-26(2)39-42(56)46-34(23-30-13-10-14-31(51)22-30)43(57)49-21-11-15-33(48-49)44(58)59-36(27(3)12-9-18-37(53)60-38-24-45-25-61-38)17-8-6-7-16-35(52)29(5)40(54)32(41(55)47-39)20-19-28(4)50/h6-10,12-14,16,18,22,24-26,29,32-36,39-40,48,51-52,54H,11,15,17,19-21,23H2,1-5H3,(H,46,56)(H,47,55)/b8-6+,16-7+,18-9+,27-12+/t29-,32+,33?,34-,35-,36-,39-,40+/m0/s1. The number of aliphatic hydroxyl groups excluding tert-OH is 2. The van der Waals surface area contributed by atoms with E-state index in [1.54, 1.807) is 64.1 Å². The van der Waals surface area contributed by atoms with Gasteiger partial charge in [0.1, 0.15) is 35.8 Å². The molecule has 16 nitrogen and oxygen atoms in total. The van der Waals surface area contributed by atoms with E-state index >= 15 is 0 Å². The molecule has 1 fully saturated rings. The average Bonchev–Trinajstić information content (AvgIpc) is 3.73. The number of phenolic OH excluding ortho intramolecular Hbond substituents is 1. The number of esters is 2. The predicted molar refractivity (Wildman–Crippen MR) is 226 cm³/mol. The number of carbonyl (C=O) groups is 6. The van der Waals surface area contributed by atoms with E-state index in [0.717, 1.165) is 11.3 Å². The number of nitrogens with one attached hydrogen (secondary N) is 3. The van der Waals surface area contributed by atoms with Gasteiger partial charge >= 0.3 is 11.9 Å². The summed E-state index contributed by atoms with van der Waals surface area (Å²) in [5.74, 6) is -6.10. The third-order valence-corrected chi connectivity index (χ3v) is 11.1. The Labute approximate surface area is 359 Å². The maximum atomic E-state index is 14.3. The Hall–Kier alpha value is -5.49. The lowest BCUT2D eigenvalue weighted by molar-refractivity contribution is -0.156. The second-order valence-electron chi connectivity index (χ2n) is 15.7. The van der Waals surface area contributed by atoms with Gasteiger partial charge in [-0.3, -0.25) is 24.2 Å². The van der Waals surface area contributed by atoms with Gasteiger partial charge < -0.3 is 40.2 Å². The fourth-order valence-electron chi connectivity index (χ4n) is 6.82. The van der Waals surface area contributed by atoms with Gasteiger partial charge in [-0.25, -0.2) is 15.2 Å². The highest BCUT2D eigenvalue weighted by Crippen LogP contribution is 2.24. The molecule has 0 aliphatic carbocycles. The quantitative estimate of drug-likeness (QED) is 0.114. The van der Waals surface area contributed by atoms with Gasteiger partial charge in [-0.05, 0) is 62.3 Å². The topological polar surface area (TPSA) is 234 Å². The number of aromatic nitrogens is 1. The smallest absolute Gasteiger partial charge is 0.336 e. The predicted octanol–water partition coefficient (Wildman–Crippen LogP) is 3.39. The van der Waals surface area contributed by atoms with Crippen molar-refractivity contribution in [3.8, 4) is 10.8 Å². The average molecular weight is 864 g/mol. The number of phenols is 1. The van der Waals surface area contributed by atoms with E-state index in [-0.39, 0.29) is 43.8 Å². The number of benzene rings is 1. The van der Waals surface area contributed by atoms with Crippen molar-refractivity contribution in [2.24, 2.45) is 17.8 Å². The van der Waals surface area contributed by atoms with Gasteiger partial charge in [0.05, 0.1) is 29.8 Å². The maximum Gasteiger partial charge on any atom is 0.336 e. The lowest BCUT2D eigenvalue weighted by atomic mass is 9.84. The number of nitrogens with zero attached hydrogens (tertiary/aromatic N) is 2. The van der Waals surface area contributed by atoms with Gasteiger partial charge in [0.25, 0.3) is 5.91 Å². The summed E-state index contributed by atoms with van der Waals surface area (Å²) in [5, 5.41) is 39.9. The molecule has 1 aromatic carbocycles. The third kappa shape index (κ3) is 14.9. The van der Waals surface area contributed by atoms with Crippen molar-refractivity contribution in [1.82, 2.24) is 26.1 Å². The van der Waals surface area contributed by atoms with E-state index in [0.29, 0.717) is 29.0 Å². The van der Waals surface area contributed by atoms with E-state index < -0.39 is 83.9 Å². The van der Waals surface area contributed by atoms with Crippen molar-refractivity contribution in [3.63, 3.8) is 0 Å². The van der Waals surface area contributed by atoms with Gasteiger partial charge in [0, 0.05) is 37.8 Å².